The minimum absolute atomic E-state index is 0.0678. The lowest BCUT2D eigenvalue weighted by Crippen LogP contribution is -2.35. The molecule has 3 rings (SSSR count). The van der Waals surface area contributed by atoms with Crippen molar-refractivity contribution in [3.63, 3.8) is 0 Å². The van der Waals surface area contributed by atoms with E-state index in [1.807, 2.05) is 25.1 Å². The van der Waals surface area contributed by atoms with Gasteiger partial charge in [0.25, 0.3) is 5.91 Å². The number of nitrogens with two attached hydrogens (primary N) is 1. The maximum Gasteiger partial charge on any atom is 0.264 e. The number of aromatic nitrogens is 1. The molecular formula is C14H15N3O3. The van der Waals surface area contributed by atoms with Crippen LogP contribution in [0.3, 0.4) is 0 Å². The fourth-order valence-electron chi connectivity index (χ4n) is 2.27. The van der Waals surface area contributed by atoms with E-state index in [9.17, 15) is 4.79 Å². The van der Waals surface area contributed by atoms with Gasteiger partial charge < -0.3 is 19.9 Å². The number of ether oxygens (including phenoxy) is 1. The Balaban J connectivity index is 2.10. The fourth-order valence-corrected chi connectivity index (χ4v) is 2.27. The number of anilines is 1. The average Bonchev–Trinajstić information content (AvgIpc) is 2.83. The van der Waals surface area contributed by atoms with E-state index in [2.05, 4.69) is 5.16 Å². The molecule has 1 amide bonds. The lowest BCUT2D eigenvalue weighted by Gasteiger charge is -2.26. The zero-order valence-electron chi connectivity index (χ0n) is 11.3. The number of benzene rings is 1. The molecule has 2 aromatic rings. The Kier molecular flexibility index (Phi) is 2.94. The second kappa shape index (κ2) is 4.64. The first kappa shape index (κ1) is 12.7. The van der Waals surface area contributed by atoms with Crippen LogP contribution in [0.5, 0.6) is 5.75 Å². The van der Waals surface area contributed by atoms with Gasteiger partial charge in [-0.25, -0.2) is 0 Å². The van der Waals surface area contributed by atoms with Gasteiger partial charge in [0.1, 0.15) is 5.75 Å². The van der Waals surface area contributed by atoms with Gasteiger partial charge in [0, 0.05) is 24.7 Å². The SMILES string of the molecule is Cc1noc(-c2ccc3c(c2)N(C)C(=O)CO3)c1CN. The van der Waals surface area contributed by atoms with Crippen molar-refractivity contribution in [3.05, 3.63) is 29.5 Å². The van der Waals surface area contributed by atoms with Gasteiger partial charge >= 0.3 is 0 Å². The number of carbonyl (C=O) groups excluding carboxylic acids is 1. The smallest absolute Gasteiger partial charge is 0.264 e. The molecule has 2 heterocycles. The Labute approximate surface area is 116 Å². The van der Waals surface area contributed by atoms with Crippen LogP contribution >= 0.6 is 0 Å². The third-order valence-electron chi connectivity index (χ3n) is 3.50. The molecule has 1 aromatic heterocycles. The van der Waals surface area contributed by atoms with Crippen molar-refractivity contribution in [3.8, 4) is 17.1 Å². The Bertz CT molecular complexity index is 678. The van der Waals surface area contributed by atoms with Crippen molar-refractivity contribution in [1.29, 1.82) is 0 Å². The molecule has 6 heteroatoms. The standard InChI is InChI=1S/C14H15N3O3/c1-8-10(6-15)14(20-16-8)9-3-4-12-11(5-9)17(2)13(18)7-19-12/h3-5H,6-7,15H2,1-2H3. The molecule has 0 saturated heterocycles. The van der Waals surface area contributed by atoms with Crippen LogP contribution in [0, 0.1) is 6.92 Å². The third-order valence-corrected chi connectivity index (χ3v) is 3.50. The van der Waals surface area contributed by atoms with Crippen LogP contribution in [0.1, 0.15) is 11.3 Å². The molecule has 0 aliphatic carbocycles. The minimum atomic E-state index is -0.0811. The van der Waals surface area contributed by atoms with Gasteiger partial charge in [-0.2, -0.15) is 0 Å². The number of hydrogen-bond acceptors (Lipinski definition) is 5. The lowest BCUT2D eigenvalue weighted by molar-refractivity contribution is -0.120. The van der Waals surface area contributed by atoms with Crippen LogP contribution in [0.2, 0.25) is 0 Å². The van der Waals surface area contributed by atoms with E-state index in [-0.39, 0.29) is 12.5 Å². The number of amides is 1. The maximum atomic E-state index is 11.7. The van der Waals surface area contributed by atoms with Crippen molar-refractivity contribution < 1.29 is 14.1 Å². The van der Waals surface area contributed by atoms with Crippen molar-refractivity contribution in [2.75, 3.05) is 18.6 Å². The van der Waals surface area contributed by atoms with E-state index in [4.69, 9.17) is 15.0 Å². The van der Waals surface area contributed by atoms with Crippen LogP contribution in [-0.4, -0.2) is 24.7 Å². The number of likely N-dealkylation sites (N-methyl/N-ethyl adjacent to an activating group) is 1. The first-order chi connectivity index (χ1) is 9.61. The number of carbonyl (C=O) groups is 1. The molecular weight excluding hydrogens is 258 g/mol. The summed E-state index contributed by atoms with van der Waals surface area (Å²) in [5.41, 5.74) is 8.93. The topological polar surface area (TPSA) is 81.6 Å². The molecule has 6 nitrogen and oxygen atoms in total. The largest absolute Gasteiger partial charge is 0.482 e. The summed E-state index contributed by atoms with van der Waals surface area (Å²) >= 11 is 0. The molecule has 0 radical (unpaired) electrons. The van der Waals surface area contributed by atoms with Gasteiger partial charge in [-0.1, -0.05) is 5.16 Å². The molecule has 0 bridgehead atoms. The Hall–Kier alpha value is -2.34. The molecule has 0 fully saturated rings. The predicted molar refractivity (Wildman–Crippen MR) is 73.5 cm³/mol. The van der Waals surface area contributed by atoms with Crippen molar-refractivity contribution in [2.45, 2.75) is 13.5 Å². The summed E-state index contributed by atoms with van der Waals surface area (Å²) in [6.45, 7) is 2.28. The quantitative estimate of drug-likeness (QED) is 0.896. The average molecular weight is 273 g/mol. The van der Waals surface area contributed by atoms with Crippen LogP contribution in [0.25, 0.3) is 11.3 Å². The van der Waals surface area contributed by atoms with Crippen molar-refractivity contribution >= 4 is 11.6 Å². The minimum Gasteiger partial charge on any atom is -0.482 e. The third kappa shape index (κ3) is 1.85. The highest BCUT2D eigenvalue weighted by molar-refractivity contribution is 5.98. The maximum absolute atomic E-state index is 11.7. The molecule has 0 spiro atoms. The van der Waals surface area contributed by atoms with Gasteiger partial charge in [0.05, 0.1) is 11.4 Å². The lowest BCUT2D eigenvalue weighted by atomic mass is 10.1. The zero-order chi connectivity index (χ0) is 14.3. The van der Waals surface area contributed by atoms with E-state index in [0.29, 0.717) is 18.1 Å². The molecule has 1 aromatic carbocycles. The first-order valence-corrected chi connectivity index (χ1v) is 6.31. The summed E-state index contributed by atoms with van der Waals surface area (Å²) in [5.74, 6) is 1.24. The van der Waals surface area contributed by atoms with E-state index in [0.717, 1.165) is 22.5 Å². The number of fused-ring (bicyclic) bond motifs is 1. The molecule has 1 aliphatic heterocycles. The number of aryl methyl sites for hydroxylation is 1. The first-order valence-electron chi connectivity index (χ1n) is 6.31. The van der Waals surface area contributed by atoms with Crippen LogP contribution in [-0.2, 0) is 11.3 Å². The summed E-state index contributed by atoms with van der Waals surface area (Å²) < 4.78 is 10.7. The highest BCUT2D eigenvalue weighted by Gasteiger charge is 2.24. The number of nitrogens with zero attached hydrogens (tertiary/aromatic N) is 2. The van der Waals surface area contributed by atoms with Crippen LogP contribution < -0.4 is 15.4 Å². The summed E-state index contributed by atoms with van der Waals surface area (Å²) in [7, 11) is 1.73. The van der Waals surface area contributed by atoms with E-state index < -0.39 is 0 Å². The molecule has 0 saturated carbocycles. The highest BCUT2D eigenvalue weighted by atomic mass is 16.5. The van der Waals surface area contributed by atoms with E-state index in [1.54, 1.807) is 11.9 Å². The number of rotatable bonds is 2. The summed E-state index contributed by atoms with van der Waals surface area (Å²) in [5, 5.41) is 3.94. The molecule has 0 unspecified atom stereocenters. The Morgan fingerprint density at radius 3 is 3.00 bits per heavy atom. The predicted octanol–water partition coefficient (Wildman–Crippen LogP) is 1.46. The van der Waals surface area contributed by atoms with Crippen molar-refractivity contribution in [1.82, 2.24) is 5.16 Å². The molecule has 0 atom stereocenters. The van der Waals surface area contributed by atoms with Gasteiger partial charge in [-0.05, 0) is 25.1 Å². The summed E-state index contributed by atoms with van der Waals surface area (Å²) in [4.78, 5) is 13.3. The zero-order valence-corrected chi connectivity index (χ0v) is 11.3. The molecule has 1 aliphatic rings. The normalized spacial score (nSPS) is 14.2. The highest BCUT2D eigenvalue weighted by Crippen LogP contribution is 2.36. The fraction of sp³-hybridized carbons (Fsp3) is 0.286. The van der Waals surface area contributed by atoms with Gasteiger partial charge in [0.2, 0.25) is 0 Å². The number of hydrogen-bond donors (Lipinski definition) is 1. The molecule has 2 N–H and O–H groups in total. The Morgan fingerprint density at radius 2 is 2.25 bits per heavy atom. The van der Waals surface area contributed by atoms with Crippen molar-refractivity contribution in [2.24, 2.45) is 5.73 Å². The second-order valence-corrected chi connectivity index (χ2v) is 4.70. The van der Waals surface area contributed by atoms with Crippen LogP contribution in [0.4, 0.5) is 5.69 Å². The van der Waals surface area contributed by atoms with Gasteiger partial charge in [-0.15, -0.1) is 0 Å². The summed E-state index contributed by atoms with van der Waals surface area (Å²) in [6, 6.07) is 5.55. The van der Waals surface area contributed by atoms with Gasteiger partial charge in [0.15, 0.2) is 12.4 Å². The summed E-state index contributed by atoms with van der Waals surface area (Å²) in [6.07, 6.45) is 0. The van der Waals surface area contributed by atoms with E-state index >= 15 is 0 Å². The second-order valence-electron chi connectivity index (χ2n) is 4.70. The monoisotopic (exact) mass is 273 g/mol. The molecule has 104 valence electrons. The van der Waals surface area contributed by atoms with Crippen LogP contribution in [0.15, 0.2) is 22.7 Å². The van der Waals surface area contributed by atoms with Gasteiger partial charge in [-0.3, -0.25) is 4.79 Å². The molecule has 20 heavy (non-hydrogen) atoms. The van der Waals surface area contributed by atoms with E-state index in [1.165, 1.54) is 0 Å². The Morgan fingerprint density at radius 1 is 1.45 bits per heavy atom.